The molecular formula is C12H15ClO. The van der Waals surface area contributed by atoms with Crippen molar-refractivity contribution in [1.29, 1.82) is 0 Å². The number of halogens is 1. The Hall–Kier alpha value is -0.690. The standard InChI is InChI=1S/C12H15ClO/c1-8-3-4-9(2)12(5-8)14-11-6-10(13)7-11/h3-5,10-11H,6-7H2,1-2H3. The molecule has 0 saturated heterocycles. The van der Waals surface area contributed by atoms with Gasteiger partial charge in [0.25, 0.3) is 0 Å². The molecule has 0 amide bonds. The second-order valence-corrected chi connectivity index (χ2v) is 4.69. The Kier molecular flexibility index (Phi) is 2.69. The van der Waals surface area contributed by atoms with Gasteiger partial charge in [-0.1, -0.05) is 12.1 Å². The molecule has 0 heterocycles. The van der Waals surface area contributed by atoms with Crippen LogP contribution in [-0.4, -0.2) is 11.5 Å². The molecule has 0 radical (unpaired) electrons. The SMILES string of the molecule is Cc1ccc(C)c(OC2CC(Cl)C2)c1. The minimum Gasteiger partial charge on any atom is -0.490 e. The zero-order valence-corrected chi connectivity index (χ0v) is 9.34. The number of alkyl halides is 1. The van der Waals surface area contributed by atoms with Crippen molar-refractivity contribution in [2.24, 2.45) is 0 Å². The molecule has 0 atom stereocenters. The van der Waals surface area contributed by atoms with E-state index in [4.69, 9.17) is 16.3 Å². The molecule has 1 nitrogen and oxygen atoms in total. The number of hydrogen-bond donors (Lipinski definition) is 0. The molecule has 0 unspecified atom stereocenters. The summed E-state index contributed by atoms with van der Waals surface area (Å²) < 4.78 is 5.85. The van der Waals surface area contributed by atoms with E-state index in [-0.39, 0.29) is 0 Å². The fourth-order valence-corrected chi connectivity index (χ4v) is 2.01. The van der Waals surface area contributed by atoms with Gasteiger partial charge in [0.05, 0.1) is 0 Å². The van der Waals surface area contributed by atoms with E-state index in [1.165, 1.54) is 11.1 Å². The molecule has 1 aliphatic rings. The van der Waals surface area contributed by atoms with Crippen molar-refractivity contribution in [3.05, 3.63) is 29.3 Å². The van der Waals surface area contributed by atoms with Crippen LogP contribution in [0, 0.1) is 13.8 Å². The normalized spacial score (nSPS) is 25.6. The maximum atomic E-state index is 5.90. The predicted octanol–water partition coefficient (Wildman–Crippen LogP) is 3.45. The van der Waals surface area contributed by atoms with Gasteiger partial charge in [-0.25, -0.2) is 0 Å². The quantitative estimate of drug-likeness (QED) is 0.680. The summed E-state index contributed by atoms with van der Waals surface area (Å²) in [5.41, 5.74) is 2.45. The highest BCUT2D eigenvalue weighted by Gasteiger charge is 2.29. The molecule has 0 spiro atoms. The zero-order valence-electron chi connectivity index (χ0n) is 8.59. The van der Waals surface area contributed by atoms with Crippen molar-refractivity contribution < 1.29 is 4.74 Å². The van der Waals surface area contributed by atoms with E-state index < -0.39 is 0 Å². The smallest absolute Gasteiger partial charge is 0.122 e. The van der Waals surface area contributed by atoms with Crippen LogP contribution in [0.15, 0.2) is 18.2 Å². The number of benzene rings is 1. The molecule has 1 aromatic carbocycles. The van der Waals surface area contributed by atoms with Crippen LogP contribution in [0.5, 0.6) is 5.75 Å². The summed E-state index contributed by atoms with van der Waals surface area (Å²) in [5.74, 6) is 1.01. The van der Waals surface area contributed by atoms with Gasteiger partial charge >= 0.3 is 0 Å². The summed E-state index contributed by atoms with van der Waals surface area (Å²) in [6.07, 6.45) is 2.29. The highest BCUT2D eigenvalue weighted by Crippen LogP contribution is 2.31. The van der Waals surface area contributed by atoms with Gasteiger partial charge in [0.2, 0.25) is 0 Å². The van der Waals surface area contributed by atoms with Crippen LogP contribution in [0.2, 0.25) is 0 Å². The highest BCUT2D eigenvalue weighted by molar-refractivity contribution is 6.21. The molecule has 1 aromatic rings. The van der Waals surface area contributed by atoms with E-state index in [1.54, 1.807) is 0 Å². The molecule has 0 N–H and O–H groups in total. The lowest BCUT2D eigenvalue weighted by atomic mass is 9.95. The molecule has 1 aliphatic carbocycles. The number of rotatable bonds is 2. The summed E-state index contributed by atoms with van der Waals surface area (Å²) >= 11 is 5.90. The summed E-state index contributed by atoms with van der Waals surface area (Å²) in [6.45, 7) is 4.16. The van der Waals surface area contributed by atoms with E-state index in [9.17, 15) is 0 Å². The molecule has 2 rings (SSSR count). The maximum absolute atomic E-state index is 5.90. The van der Waals surface area contributed by atoms with Crippen LogP contribution in [0.3, 0.4) is 0 Å². The van der Waals surface area contributed by atoms with Crippen molar-refractivity contribution >= 4 is 11.6 Å². The Morgan fingerprint density at radius 1 is 1.29 bits per heavy atom. The summed E-state index contributed by atoms with van der Waals surface area (Å²) in [6, 6.07) is 6.30. The molecular weight excluding hydrogens is 196 g/mol. The van der Waals surface area contributed by atoms with E-state index in [0.29, 0.717) is 11.5 Å². The Bertz CT molecular complexity index is 329. The van der Waals surface area contributed by atoms with Crippen molar-refractivity contribution in [3.63, 3.8) is 0 Å². The fraction of sp³-hybridized carbons (Fsp3) is 0.500. The third kappa shape index (κ3) is 2.03. The maximum Gasteiger partial charge on any atom is 0.122 e. The van der Waals surface area contributed by atoms with E-state index in [1.807, 2.05) is 0 Å². The van der Waals surface area contributed by atoms with Gasteiger partial charge in [-0.2, -0.15) is 0 Å². The van der Waals surface area contributed by atoms with Crippen LogP contribution in [0.4, 0.5) is 0 Å². The second kappa shape index (κ2) is 3.82. The Morgan fingerprint density at radius 2 is 2.00 bits per heavy atom. The Balaban J connectivity index is 2.05. The van der Waals surface area contributed by atoms with Crippen molar-refractivity contribution in [3.8, 4) is 5.75 Å². The predicted molar refractivity (Wildman–Crippen MR) is 59.2 cm³/mol. The number of hydrogen-bond acceptors (Lipinski definition) is 1. The first-order valence-corrected chi connectivity index (χ1v) is 5.47. The Labute approximate surface area is 90.0 Å². The molecule has 76 valence electrons. The summed E-state index contributed by atoms with van der Waals surface area (Å²) in [5, 5.41) is 0.324. The van der Waals surface area contributed by atoms with Crippen LogP contribution in [-0.2, 0) is 0 Å². The van der Waals surface area contributed by atoms with Crippen molar-refractivity contribution in [1.82, 2.24) is 0 Å². The van der Waals surface area contributed by atoms with Gasteiger partial charge < -0.3 is 4.74 Å². The van der Waals surface area contributed by atoms with Gasteiger partial charge in [0.1, 0.15) is 11.9 Å². The number of ether oxygens (including phenoxy) is 1. The third-order valence-electron chi connectivity index (χ3n) is 2.67. The summed E-state index contributed by atoms with van der Waals surface area (Å²) in [4.78, 5) is 0. The summed E-state index contributed by atoms with van der Waals surface area (Å²) in [7, 11) is 0. The third-order valence-corrected chi connectivity index (χ3v) is 3.03. The minimum absolute atomic E-state index is 0.324. The minimum atomic E-state index is 0.324. The lowest BCUT2D eigenvalue weighted by Crippen LogP contribution is -2.34. The molecule has 0 aromatic heterocycles. The lowest BCUT2D eigenvalue weighted by Gasteiger charge is -2.31. The van der Waals surface area contributed by atoms with E-state index >= 15 is 0 Å². The van der Waals surface area contributed by atoms with E-state index in [2.05, 4.69) is 32.0 Å². The topological polar surface area (TPSA) is 9.23 Å². The molecule has 1 saturated carbocycles. The van der Waals surface area contributed by atoms with Gasteiger partial charge in [-0.3, -0.25) is 0 Å². The number of aryl methyl sites for hydroxylation is 2. The van der Waals surface area contributed by atoms with Gasteiger partial charge in [0, 0.05) is 18.2 Å². The molecule has 0 aliphatic heterocycles. The second-order valence-electron chi connectivity index (χ2n) is 4.08. The van der Waals surface area contributed by atoms with Crippen LogP contribution in [0.25, 0.3) is 0 Å². The highest BCUT2D eigenvalue weighted by atomic mass is 35.5. The van der Waals surface area contributed by atoms with Crippen LogP contribution >= 0.6 is 11.6 Å². The molecule has 14 heavy (non-hydrogen) atoms. The van der Waals surface area contributed by atoms with Gasteiger partial charge in [0.15, 0.2) is 0 Å². The van der Waals surface area contributed by atoms with Crippen molar-refractivity contribution in [2.75, 3.05) is 0 Å². The van der Waals surface area contributed by atoms with Crippen molar-refractivity contribution in [2.45, 2.75) is 38.2 Å². The zero-order chi connectivity index (χ0) is 10.1. The van der Waals surface area contributed by atoms with Crippen LogP contribution in [0.1, 0.15) is 24.0 Å². The first-order valence-electron chi connectivity index (χ1n) is 5.03. The molecule has 2 heteroatoms. The first kappa shape index (κ1) is 9.85. The molecule has 0 bridgehead atoms. The van der Waals surface area contributed by atoms with E-state index in [0.717, 1.165) is 18.6 Å². The van der Waals surface area contributed by atoms with Gasteiger partial charge in [-0.15, -0.1) is 11.6 Å². The van der Waals surface area contributed by atoms with Crippen LogP contribution < -0.4 is 4.74 Å². The Morgan fingerprint density at radius 3 is 2.64 bits per heavy atom. The first-order chi connectivity index (χ1) is 6.65. The fourth-order valence-electron chi connectivity index (χ4n) is 1.61. The molecule has 1 fully saturated rings. The van der Waals surface area contributed by atoms with Gasteiger partial charge in [-0.05, 0) is 31.0 Å². The lowest BCUT2D eigenvalue weighted by molar-refractivity contribution is 0.123. The largest absolute Gasteiger partial charge is 0.490 e. The average molecular weight is 211 g/mol. The monoisotopic (exact) mass is 210 g/mol. The average Bonchev–Trinajstić information content (AvgIpc) is 2.09.